The van der Waals surface area contributed by atoms with E-state index in [0.29, 0.717) is 12.0 Å². The summed E-state index contributed by atoms with van der Waals surface area (Å²) in [6.45, 7) is 4.05. The molecule has 0 N–H and O–H groups in total. The predicted octanol–water partition coefficient (Wildman–Crippen LogP) is 5.26. The number of alkyl halides is 1. The molecule has 2 rings (SSSR count). The minimum atomic E-state index is -0.794. The van der Waals surface area contributed by atoms with Gasteiger partial charge in [0.05, 0.1) is 0 Å². The van der Waals surface area contributed by atoms with Crippen LogP contribution < -0.4 is 0 Å². The summed E-state index contributed by atoms with van der Waals surface area (Å²) in [6.07, 6.45) is 0.423. The number of rotatable bonds is 3. The van der Waals surface area contributed by atoms with Crippen molar-refractivity contribution in [3.05, 3.63) is 70.3 Å². The third kappa shape index (κ3) is 3.41. The highest BCUT2D eigenvalue weighted by Gasteiger charge is 2.14. The van der Waals surface area contributed by atoms with Gasteiger partial charge in [-0.25, -0.2) is 8.78 Å². The van der Waals surface area contributed by atoms with Crippen LogP contribution in [0.2, 0.25) is 0 Å². The van der Waals surface area contributed by atoms with Crippen molar-refractivity contribution in [1.82, 2.24) is 0 Å². The van der Waals surface area contributed by atoms with Gasteiger partial charge in [0.15, 0.2) is 11.6 Å². The van der Waals surface area contributed by atoms with Crippen LogP contribution in [0.1, 0.15) is 27.1 Å². The minimum Gasteiger partial charge on any atom is -0.204 e. The second-order valence-electron chi connectivity index (χ2n) is 4.81. The highest BCUT2D eigenvalue weighted by molar-refractivity contribution is 9.09. The van der Waals surface area contributed by atoms with Crippen LogP contribution in [0.15, 0.2) is 36.4 Å². The van der Waals surface area contributed by atoms with E-state index in [2.05, 4.69) is 34.1 Å². The Morgan fingerprint density at radius 2 is 1.68 bits per heavy atom. The monoisotopic (exact) mass is 324 g/mol. The van der Waals surface area contributed by atoms with E-state index in [1.165, 1.54) is 17.2 Å². The summed E-state index contributed by atoms with van der Waals surface area (Å²) in [5, 5.41) is 0. The third-order valence-electron chi connectivity index (χ3n) is 3.04. The van der Waals surface area contributed by atoms with Gasteiger partial charge in [0, 0.05) is 4.83 Å². The van der Waals surface area contributed by atoms with E-state index in [0.717, 1.165) is 11.6 Å². The lowest BCUT2D eigenvalue weighted by molar-refractivity contribution is 0.498. The zero-order valence-electron chi connectivity index (χ0n) is 10.9. The molecule has 0 amide bonds. The highest BCUT2D eigenvalue weighted by atomic mass is 79.9. The van der Waals surface area contributed by atoms with Crippen molar-refractivity contribution in [2.75, 3.05) is 0 Å². The van der Waals surface area contributed by atoms with E-state index < -0.39 is 11.6 Å². The standard InChI is InChI=1S/C16H15BrF2/c1-10-6-11(2)8-13(7-10)14(17)9-12-4-3-5-15(18)16(12)19/h3-8,14H,9H2,1-2H3. The van der Waals surface area contributed by atoms with Crippen LogP contribution in [-0.4, -0.2) is 0 Å². The number of halogens is 3. The summed E-state index contributed by atoms with van der Waals surface area (Å²) < 4.78 is 26.8. The van der Waals surface area contributed by atoms with E-state index in [1.54, 1.807) is 6.07 Å². The molecule has 1 atom stereocenters. The van der Waals surface area contributed by atoms with Gasteiger partial charge in [-0.15, -0.1) is 0 Å². The van der Waals surface area contributed by atoms with Crippen molar-refractivity contribution in [2.24, 2.45) is 0 Å². The second-order valence-corrected chi connectivity index (χ2v) is 5.91. The maximum atomic E-state index is 13.6. The van der Waals surface area contributed by atoms with E-state index >= 15 is 0 Å². The fourth-order valence-corrected chi connectivity index (χ4v) is 2.82. The van der Waals surface area contributed by atoms with Crippen LogP contribution >= 0.6 is 15.9 Å². The summed E-state index contributed by atoms with van der Waals surface area (Å²) in [5.41, 5.74) is 3.81. The molecule has 0 nitrogen and oxygen atoms in total. The minimum absolute atomic E-state index is 0.0256. The van der Waals surface area contributed by atoms with E-state index in [4.69, 9.17) is 0 Å². The lowest BCUT2D eigenvalue weighted by Gasteiger charge is -2.13. The summed E-state index contributed by atoms with van der Waals surface area (Å²) in [6, 6.07) is 10.5. The largest absolute Gasteiger partial charge is 0.204 e. The molecule has 0 aliphatic carbocycles. The summed E-state index contributed by atoms with van der Waals surface area (Å²) >= 11 is 3.56. The molecule has 2 aromatic carbocycles. The normalized spacial score (nSPS) is 12.5. The summed E-state index contributed by atoms with van der Waals surface area (Å²) in [5.74, 6) is -1.55. The molecule has 0 aliphatic heterocycles. The number of hydrogen-bond donors (Lipinski definition) is 0. The first-order valence-corrected chi connectivity index (χ1v) is 7.04. The Morgan fingerprint density at radius 3 is 2.32 bits per heavy atom. The Morgan fingerprint density at radius 1 is 1.05 bits per heavy atom. The molecule has 1 unspecified atom stereocenters. The highest BCUT2D eigenvalue weighted by Crippen LogP contribution is 2.29. The molecule has 0 fully saturated rings. The smallest absolute Gasteiger partial charge is 0.162 e. The van der Waals surface area contributed by atoms with Gasteiger partial charge in [0.2, 0.25) is 0 Å². The molecular formula is C16H15BrF2. The van der Waals surface area contributed by atoms with Gasteiger partial charge in [-0.05, 0) is 37.5 Å². The van der Waals surface area contributed by atoms with Crippen LogP contribution in [0.4, 0.5) is 8.78 Å². The maximum Gasteiger partial charge on any atom is 0.162 e. The van der Waals surface area contributed by atoms with Crippen molar-refractivity contribution >= 4 is 15.9 Å². The van der Waals surface area contributed by atoms with Crippen LogP contribution in [0, 0.1) is 25.5 Å². The van der Waals surface area contributed by atoms with Crippen molar-refractivity contribution in [3.63, 3.8) is 0 Å². The molecule has 100 valence electrons. The Labute approximate surface area is 120 Å². The first-order valence-electron chi connectivity index (χ1n) is 6.12. The van der Waals surface area contributed by atoms with Crippen LogP contribution in [0.5, 0.6) is 0 Å². The number of hydrogen-bond acceptors (Lipinski definition) is 0. The van der Waals surface area contributed by atoms with Gasteiger partial charge in [0.1, 0.15) is 0 Å². The molecule has 19 heavy (non-hydrogen) atoms. The third-order valence-corrected chi connectivity index (χ3v) is 3.89. The average Bonchev–Trinajstić information content (AvgIpc) is 2.33. The van der Waals surface area contributed by atoms with E-state index in [1.807, 2.05) is 13.8 Å². The number of aryl methyl sites for hydroxylation is 2. The van der Waals surface area contributed by atoms with Crippen LogP contribution in [-0.2, 0) is 6.42 Å². The van der Waals surface area contributed by atoms with E-state index in [-0.39, 0.29) is 4.83 Å². The quantitative estimate of drug-likeness (QED) is 0.675. The first-order chi connectivity index (χ1) is 8.97. The number of benzene rings is 2. The first kappa shape index (κ1) is 14.2. The average molecular weight is 325 g/mol. The SMILES string of the molecule is Cc1cc(C)cc(C(Br)Cc2cccc(F)c2F)c1. The molecule has 0 saturated carbocycles. The van der Waals surface area contributed by atoms with Crippen LogP contribution in [0.3, 0.4) is 0 Å². The van der Waals surface area contributed by atoms with Crippen LogP contribution in [0.25, 0.3) is 0 Å². The van der Waals surface area contributed by atoms with Gasteiger partial charge in [-0.1, -0.05) is 57.4 Å². The van der Waals surface area contributed by atoms with Gasteiger partial charge in [-0.2, -0.15) is 0 Å². The molecule has 0 radical (unpaired) electrons. The van der Waals surface area contributed by atoms with Crippen molar-refractivity contribution in [2.45, 2.75) is 25.1 Å². The molecule has 0 spiro atoms. The Kier molecular flexibility index (Phi) is 4.35. The molecule has 2 aromatic rings. The van der Waals surface area contributed by atoms with Gasteiger partial charge < -0.3 is 0 Å². The lowest BCUT2D eigenvalue weighted by Crippen LogP contribution is -2.00. The summed E-state index contributed by atoms with van der Waals surface area (Å²) in [4.78, 5) is -0.0256. The molecule has 0 aromatic heterocycles. The molecule has 0 saturated heterocycles. The molecule has 3 heteroatoms. The Balaban J connectivity index is 2.25. The zero-order valence-corrected chi connectivity index (χ0v) is 12.5. The molecule has 0 aliphatic rings. The van der Waals surface area contributed by atoms with E-state index in [9.17, 15) is 8.78 Å². The zero-order chi connectivity index (χ0) is 14.0. The predicted molar refractivity (Wildman–Crippen MR) is 77.6 cm³/mol. The fraction of sp³-hybridized carbons (Fsp3) is 0.250. The van der Waals surface area contributed by atoms with Gasteiger partial charge in [0.25, 0.3) is 0 Å². The summed E-state index contributed by atoms with van der Waals surface area (Å²) in [7, 11) is 0. The maximum absolute atomic E-state index is 13.6. The topological polar surface area (TPSA) is 0 Å². The fourth-order valence-electron chi connectivity index (χ4n) is 2.21. The molecular weight excluding hydrogens is 310 g/mol. The van der Waals surface area contributed by atoms with Crippen molar-refractivity contribution in [1.29, 1.82) is 0 Å². The second kappa shape index (κ2) is 5.83. The Bertz CT molecular complexity index is 573. The molecule has 0 heterocycles. The molecule has 0 bridgehead atoms. The van der Waals surface area contributed by atoms with Crippen molar-refractivity contribution in [3.8, 4) is 0 Å². The van der Waals surface area contributed by atoms with Crippen molar-refractivity contribution < 1.29 is 8.78 Å². The lowest BCUT2D eigenvalue weighted by atomic mass is 10.0. The van der Waals surface area contributed by atoms with Gasteiger partial charge >= 0.3 is 0 Å². The van der Waals surface area contributed by atoms with Gasteiger partial charge in [-0.3, -0.25) is 0 Å². The Hall–Kier alpha value is -1.22.